The van der Waals surface area contributed by atoms with E-state index in [1.807, 2.05) is 0 Å². The third-order valence-corrected chi connectivity index (χ3v) is 5.85. The van der Waals surface area contributed by atoms with Gasteiger partial charge in [0.15, 0.2) is 0 Å². The quantitative estimate of drug-likeness (QED) is 0.816. The molecule has 23 heavy (non-hydrogen) atoms. The molecule has 2 atom stereocenters. The molecule has 1 aromatic carbocycles. The number of hydrogen-bond donors (Lipinski definition) is 1. The van der Waals surface area contributed by atoms with Gasteiger partial charge in [-0.2, -0.15) is 0 Å². The summed E-state index contributed by atoms with van der Waals surface area (Å²) in [6.45, 7) is 3.96. The molecule has 0 bridgehead atoms. The maximum absolute atomic E-state index is 13.7. The summed E-state index contributed by atoms with van der Waals surface area (Å²) in [7, 11) is -3.66. The molecule has 128 valence electrons. The number of carbonyl (C=O) groups excluding carboxylic acids is 1. The summed E-state index contributed by atoms with van der Waals surface area (Å²) in [5, 5.41) is 2.54. The Bertz CT molecular complexity index is 670. The Morgan fingerprint density at radius 3 is 2.35 bits per heavy atom. The van der Waals surface area contributed by atoms with Crippen molar-refractivity contribution in [2.75, 3.05) is 18.8 Å². The highest BCUT2D eigenvalue weighted by atomic mass is 32.2. The smallest absolute Gasteiger partial charge is 0.236 e. The van der Waals surface area contributed by atoms with Gasteiger partial charge in [0.05, 0.1) is 0 Å². The van der Waals surface area contributed by atoms with E-state index in [0.717, 1.165) is 0 Å². The second-order valence-electron chi connectivity index (χ2n) is 5.49. The minimum atomic E-state index is -3.66. The van der Waals surface area contributed by atoms with Crippen LogP contribution in [-0.4, -0.2) is 43.5 Å². The highest BCUT2D eigenvalue weighted by molar-refractivity contribution is 7.89. The van der Waals surface area contributed by atoms with Crippen molar-refractivity contribution in [2.45, 2.75) is 32.2 Å². The van der Waals surface area contributed by atoms with Crippen molar-refractivity contribution in [3.8, 4) is 0 Å². The summed E-state index contributed by atoms with van der Waals surface area (Å²) in [4.78, 5) is 11.9. The highest BCUT2D eigenvalue weighted by Gasteiger charge is 2.43. The van der Waals surface area contributed by atoms with E-state index in [1.54, 1.807) is 13.8 Å². The van der Waals surface area contributed by atoms with Crippen LogP contribution < -0.4 is 5.32 Å². The number of amides is 1. The number of nitrogens with one attached hydrogen (secondary N) is 1. The summed E-state index contributed by atoms with van der Waals surface area (Å²) in [6, 6.07) is 3.18. The fraction of sp³-hybridized carbons (Fsp3) is 0.533. The SMILES string of the molecule is CCN(CC)S(=O)(=O)CC(=O)NC1CC1c1c(F)cccc1F. The van der Waals surface area contributed by atoms with E-state index >= 15 is 0 Å². The first-order valence-corrected chi connectivity index (χ1v) is 9.12. The van der Waals surface area contributed by atoms with Gasteiger partial charge in [-0.05, 0) is 18.6 Å². The zero-order valence-corrected chi connectivity index (χ0v) is 13.9. The second kappa shape index (κ2) is 6.92. The lowest BCUT2D eigenvalue weighted by molar-refractivity contribution is -0.118. The van der Waals surface area contributed by atoms with Crippen molar-refractivity contribution in [1.82, 2.24) is 9.62 Å². The number of rotatable bonds is 7. The Hall–Kier alpha value is -1.54. The molecule has 1 saturated carbocycles. The van der Waals surface area contributed by atoms with Crippen molar-refractivity contribution in [3.63, 3.8) is 0 Å². The number of hydrogen-bond acceptors (Lipinski definition) is 3. The second-order valence-corrected chi connectivity index (χ2v) is 7.46. The van der Waals surface area contributed by atoms with Crippen LogP contribution in [0.4, 0.5) is 8.78 Å². The van der Waals surface area contributed by atoms with Gasteiger partial charge in [-0.15, -0.1) is 0 Å². The van der Waals surface area contributed by atoms with Gasteiger partial charge >= 0.3 is 0 Å². The van der Waals surface area contributed by atoms with Crippen LogP contribution in [0.1, 0.15) is 31.7 Å². The molecule has 0 heterocycles. The van der Waals surface area contributed by atoms with E-state index < -0.39 is 45.3 Å². The van der Waals surface area contributed by atoms with Crippen LogP contribution in [0.2, 0.25) is 0 Å². The first-order chi connectivity index (χ1) is 10.8. The number of carbonyl (C=O) groups is 1. The molecule has 0 spiro atoms. The van der Waals surface area contributed by atoms with Crippen LogP contribution >= 0.6 is 0 Å². The Balaban J connectivity index is 1.96. The monoisotopic (exact) mass is 346 g/mol. The van der Waals surface area contributed by atoms with Gasteiger partial charge in [-0.3, -0.25) is 4.79 Å². The van der Waals surface area contributed by atoms with Crippen LogP contribution in [0.5, 0.6) is 0 Å². The Kier molecular flexibility index (Phi) is 5.36. The predicted octanol–water partition coefficient (Wildman–Crippen LogP) is 1.61. The number of benzene rings is 1. The van der Waals surface area contributed by atoms with Crippen molar-refractivity contribution < 1.29 is 22.0 Å². The molecule has 2 unspecified atom stereocenters. The van der Waals surface area contributed by atoms with Gasteiger partial charge in [0.25, 0.3) is 0 Å². The number of sulfonamides is 1. The molecule has 0 saturated heterocycles. The molecule has 0 radical (unpaired) electrons. The van der Waals surface area contributed by atoms with E-state index in [0.29, 0.717) is 19.5 Å². The third-order valence-electron chi connectivity index (χ3n) is 3.92. The molecule has 1 aliphatic carbocycles. The van der Waals surface area contributed by atoms with Gasteiger partial charge in [0.2, 0.25) is 15.9 Å². The van der Waals surface area contributed by atoms with Gasteiger partial charge in [-0.25, -0.2) is 21.5 Å². The van der Waals surface area contributed by atoms with Crippen molar-refractivity contribution in [3.05, 3.63) is 35.4 Å². The maximum atomic E-state index is 13.7. The zero-order valence-electron chi connectivity index (χ0n) is 13.1. The van der Waals surface area contributed by atoms with E-state index in [4.69, 9.17) is 0 Å². The summed E-state index contributed by atoms with van der Waals surface area (Å²) in [5.74, 6) is -3.06. The van der Waals surface area contributed by atoms with E-state index in [-0.39, 0.29) is 5.56 Å². The molecular formula is C15H20F2N2O3S. The first-order valence-electron chi connectivity index (χ1n) is 7.51. The van der Waals surface area contributed by atoms with E-state index in [2.05, 4.69) is 5.32 Å². The topological polar surface area (TPSA) is 66.5 Å². The zero-order chi connectivity index (χ0) is 17.2. The van der Waals surface area contributed by atoms with Gasteiger partial charge < -0.3 is 5.32 Å². The van der Waals surface area contributed by atoms with Crippen molar-refractivity contribution in [2.24, 2.45) is 0 Å². The minimum Gasteiger partial charge on any atom is -0.352 e. The van der Waals surface area contributed by atoms with Crippen LogP contribution in [0.3, 0.4) is 0 Å². The van der Waals surface area contributed by atoms with Crippen molar-refractivity contribution in [1.29, 1.82) is 0 Å². The molecule has 0 aromatic heterocycles. The lowest BCUT2D eigenvalue weighted by Gasteiger charge is -2.18. The average molecular weight is 346 g/mol. The lowest BCUT2D eigenvalue weighted by Crippen LogP contribution is -2.40. The van der Waals surface area contributed by atoms with Crippen LogP contribution in [0.25, 0.3) is 0 Å². The molecule has 1 amide bonds. The Morgan fingerprint density at radius 2 is 1.83 bits per heavy atom. The third kappa shape index (κ3) is 4.06. The summed E-state index contributed by atoms with van der Waals surface area (Å²) >= 11 is 0. The molecule has 5 nitrogen and oxygen atoms in total. The van der Waals surface area contributed by atoms with Gasteiger partial charge in [-0.1, -0.05) is 19.9 Å². The molecular weight excluding hydrogens is 326 g/mol. The minimum absolute atomic E-state index is 0.0515. The molecule has 1 N–H and O–H groups in total. The largest absolute Gasteiger partial charge is 0.352 e. The summed E-state index contributed by atoms with van der Waals surface area (Å²) < 4.78 is 52.6. The maximum Gasteiger partial charge on any atom is 0.236 e. The lowest BCUT2D eigenvalue weighted by atomic mass is 10.1. The van der Waals surface area contributed by atoms with E-state index in [1.165, 1.54) is 22.5 Å². The molecule has 0 aliphatic heterocycles. The van der Waals surface area contributed by atoms with E-state index in [9.17, 15) is 22.0 Å². The molecule has 1 fully saturated rings. The molecule has 2 rings (SSSR count). The first kappa shape index (κ1) is 17.8. The van der Waals surface area contributed by atoms with Crippen LogP contribution in [-0.2, 0) is 14.8 Å². The molecule has 8 heteroatoms. The van der Waals surface area contributed by atoms with Crippen molar-refractivity contribution >= 4 is 15.9 Å². The highest BCUT2D eigenvalue weighted by Crippen LogP contribution is 2.43. The molecule has 1 aliphatic rings. The fourth-order valence-corrected chi connectivity index (χ4v) is 4.04. The van der Waals surface area contributed by atoms with Gasteiger partial charge in [0, 0.05) is 30.6 Å². The van der Waals surface area contributed by atoms with Gasteiger partial charge in [0.1, 0.15) is 17.4 Å². The summed E-state index contributed by atoms with van der Waals surface area (Å²) in [6.07, 6.45) is 0.398. The Morgan fingerprint density at radius 1 is 1.26 bits per heavy atom. The number of halogens is 2. The Labute approximate surface area is 134 Å². The standard InChI is InChI=1S/C15H20F2N2O3S/c1-3-19(4-2)23(21,22)9-14(20)18-13-8-10(13)15-11(16)6-5-7-12(15)17/h5-7,10,13H,3-4,8-9H2,1-2H3,(H,18,20). The average Bonchev–Trinajstić information content (AvgIpc) is 3.17. The molecule has 1 aromatic rings. The summed E-state index contributed by atoms with van der Waals surface area (Å²) in [5.41, 5.74) is -0.0515. The predicted molar refractivity (Wildman–Crippen MR) is 82.4 cm³/mol. The normalized spacial score (nSPS) is 20.6. The van der Waals surface area contributed by atoms with Crippen LogP contribution in [0.15, 0.2) is 18.2 Å². The number of nitrogens with zero attached hydrogens (tertiary/aromatic N) is 1. The fourth-order valence-electron chi connectivity index (χ4n) is 2.66. The van der Waals surface area contributed by atoms with Crippen LogP contribution in [0, 0.1) is 11.6 Å².